The van der Waals surface area contributed by atoms with Crippen molar-refractivity contribution < 1.29 is 28.8 Å². The van der Waals surface area contributed by atoms with Crippen LogP contribution in [0.15, 0.2) is 97.1 Å². The fourth-order valence-corrected chi connectivity index (χ4v) is 7.36. The Labute approximate surface area is 252 Å². The SMILES string of the molecule is COc1cccc(C2C(C(=O)c3cccc([N+](=O)[O-])c3)N3c4ccccc4C=CC3C23C(=O)c2ccccc2C3=O)c1OC. The van der Waals surface area contributed by atoms with E-state index in [-0.39, 0.29) is 22.8 Å². The van der Waals surface area contributed by atoms with Gasteiger partial charge < -0.3 is 14.4 Å². The van der Waals surface area contributed by atoms with Crippen molar-refractivity contribution in [1.82, 2.24) is 0 Å². The predicted octanol–water partition coefficient (Wildman–Crippen LogP) is 5.93. The number of fused-ring (bicyclic) bond motifs is 5. The number of nitro benzene ring substituents is 1. The summed E-state index contributed by atoms with van der Waals surface area (Å²) in [7, 11) is 2.96. The molecule has 9 nitrogen and oxygen atoms in total. The van der Waals surface area contributed by atoms with E-state index in [4.69, 9.17) is 9.47 Å². The number of rotatable bonds is 6. The van der Waals surface area contributed by atoms with Crippen LogP contribution in [-0.4, -0.2) is 48.6 Å². The number of ether oxygens (including phenoxy) is 2. The monoisotopic (exact) mass is 586 g/mol. The Morgan fingerprint density at radius 1 is 0.864 bits per heavy atom. The highest BCUT2D eigenvalue weighted by atomic mass is 16.6. The molecule has 0 saturated carbocycles. The lowest BCUT2D eigenvalue weighted by atomic mass is 9.64. The summed E-state index contributed by atoms with van der Waals surface area (Å²) in [6.45, 7) is 0. The first-order valence-electron chi connectivity index (χ1n) is 14.1. The van der Waals surface area contributed by atoms with Crippen molar-refractivity contribution >= 4 is 34.8 Å². The third kappa shape index (κ3) is 3.55. The normalized spacial score (nSPS) is 20.7. The second-order valence-electron chi connectivity index (χ2n) is 11.0. The molecule has 0 N–H and O–H groups in total. The van der Waals surface area contributed by atoms with Crippen LogP contribution in [0.2, 0.25) is 0 Å². The lowest BCUT2D eigenvalue weighted by Crippen LogP contribution is -2.48. The standard InChI is InChI=1S/C35H26N2O7/c1-43-27-16-8-14-25(32(27)44-2)29-30(31(38)21-10-7-11-22(19-21)37(41)42)36-26-15-6-3-9-20(26)17-18-28(36)35(29)33(39)23-12-4-5-13-24(23)34(35)40/h3-19,28-30H,1-2H3. The number of carbonyl (C=O) groups is 3. The number of carbonyl (C=O) groups excluding carboxylic acids is 3. The molecule has 44 heavy (non-hydrogen) atoms. The number of nitro groups is 1. The molecule has 2 aliphatic heterocycles. The van der Waals surface area contributed by atoms with Gasteiger partial charge in [-0.3, -0.25) is 24.5 Å². The molecule has 1 spiro atoms. The second-order valence-corrected chi connectivity index (χ2v) is 11.0. The van der Waals surface area contributed by atoms with E-state index in [0.717, 1.165) is 5.56 Å². The van der Waals surface area contributed by atoms with Crippen molar-refractivity contribution in [3.8, 4) is 11.5 Å². The summed E-state index contributed by atoms with van der Waals surface area (Å²) in [5.74, 6) is -1.63. The maximum absolute atomic E-state index is 14.9. The van der Waals surface area contributed by atoms with E-state index in [0.29, 0.717) is 33.9 Å². The first kappa shape index (κ1) is 27.3. The van der Waals surface area contributed by atoms with Gasteiger partial charge in [-0.2, -0.15) is 0 Å². The van der Waals surface area contributed by atoms with E-state index in [1.165, 1.54) is 38.5 Å². The van der Waals surface area contributed by atoms with E-state index in [1.807, 2.05) is 41.3 Å². The molecule has 1 saturated heterocycles. The Kier molecular flexibility index (Phi) is 6.21. The highest BCUT2D eigenvalue weighted by Gasteiger charge is 2.72. The van der Waals surface area contributed by atoms with Crippen LogP contribution in [0.3, 0.4) is 0 Å². The van der Waals surface area contributed by atoms with Crippen LogP contribution in [0.25, 0.3) is 6.08 Å². The molecule has 1 aliphatic carbocycles. The molecular weight excluding hydrogens is 560 g/mol. The van der Waals surface area contributed by atoms with Crippen molar-refractivity contribution in [2.24, 2.45) is 5.41 Å². The number of benzene rings is 4. The first-order valence-corrected chi connectivity index (χ1v) is 14.1. The van der Waals surface area contributed by atoms with Gasteiger partial charge in [-0.25, -0.2) is 0 Å². The van der Waals surface area contributed by atoms with Crippen molar-refractivity contribution in [3.05, 3.63) is 135 Å². The topological polar surface area (TPSA) is 116 Å². The van der Waals surface area contributed by atoms with Gasteiger partial charge >= 0.3 is 0 Å². The van der Waals surface area contributed by atoms with Gasteiger partial charge in [-0.1, -0.05) is 78.9 Å². The molecule has 2 heterocycles. The van der Waals surface area contributed by atoms with Gasteiger partial charge in [0.1, 0.15) is 11.5 Å². The molecule has 0 radical (unpaired) electrons. The lowest BCUT2D eigenvalue weighted by molar-refractivity contribution is -0.384. The number of ketones is 3. The Bertz CT molecular complexity index is 1890. The highest BCUT2D eigenvalue weighted by molar-refractivity contribution is 6.32. The van der Waals surface area contributed by atoms with Crippen LogP contribution < -0.4 is 14.4 Å². The number of methoxy groups -OCH3 is 2. The van der Waals surface area contributed by atoms with Crippen LogP contribution in [0.1, 0.15) is 48.1 Å². The number of para-hydroxylation sites is 2. The summed E-state index contributed by atoms with van der Waals surface area (Å²) >= 11 is 0. The fraction of sp³-hybridized carbons (Fsp3) is 0.171. The zero-order valence-corrected chi connectivity index (χ0v) is 23.8. The molecule has 1 fully saturated rings. The van der Waals surface area contributed by atoms with Gasteiger partial charge in [0, 0.05) is 46.0 Å². The van der Waals surface area contributed by atoms with Crippen LogP contribution >= 0.6 is 0 Å². The van der Waals surface area contributed by atoms with Gasteiger partial charge in [-0.15, -0.1) is 0 Å². The number of hydrogen-bond donors (Lipinski definition) is 0. The average molecular weight is 587 g/mol. The third-order valence-corrected chi connectivity index (χ3v) is 9.09. The second kappa shape index (κ2) is 10.0. The van der Waals surface area contributed by atoms with Crippen LogP contribution in [0, 0.1) is 15.5 Å². The molecule has 0 aromatic heterocycles. The van der Waals surface area contributed by atoms with Crippen LogP contribution in [0.5, 0.6) is 11.5 Å². The van der Waals surface area contributed by atoms with E-state index in [1.54, 1.807) is 42.5 Å². The Morgan fingerprint density at radius 3 is 2.23 bits per heavy atom. The van der Waals surface area contributed by atoms with Crippen molar-refractivity contribution in [2.75, 3.05) is 19.1 Å². The number of hydrogen-bond acceptors (Lipinski definition) is 8. The van der Waals surface area contributed by atoms with Crippen molar-refractivity contribution in [3.63, 3.8) is 0 Å². The number of nitrogens with zero attached hydrogens (tertiary/aromatic N) is 2. The molecule has 0 amide bonds. The van der Waals surface area contributed by atoms with Crippen molar-refractivity contribution in [2.45, 2.75) is 18.0 Å². The van der Waals surface area contributed by atoms with E-state index >= 15 is 0 Å². The summed E-state index contributed by atoms with van der Waals surface area (Å²) in [6, 6.07) is 22.9. The minimum absolute atomic E-state index is 0.0920. The van der Waals surface area contributed by atoms with Gasteiger partial charge in [0.2, 0.25) is 0 Å². The van der Waals surface area contributed by atoms with Gasteiger partial charge in [0.25, 0.3) is 5.69 Å². The summed E-state index contributed by atoms with van der Waals surface area (Å²) in [5, 5.41) is 11.7. The Morgan fingerprint density at radius 2 is 1.55 bits per heavy atom. The molecule has 218 valence electrons. The molecule has 9 heteroatoms. The molecule has 0 bridgehead atoms. The van der Waals surface area contributed by atoms with E-state index < -0.39 is 34.1 Å². The average Bonchev–Trinajstić information content (AvgIpc) is 3.49. The third-order valence-electron chi connectivity index (χ3n) is 9.09. The first-order chi connectivity index (χ1) is 21.3. The van der Waals surface area contributed by atoms with Crippen LogP contribution in [-0.2, 0) is 0 Å². The van der Waals surface area contributed by atoms with Crippen molar-refractivity contribution in [1.29, 1.82) is 0 Å². The summed E-state index contributed by atoms with van der Waals surface area (Å²) in [5.41, 5.74) is 0.609. The lowest BCUT2D eigenvalue weighted by Gasteiger charge is -2.37. The van der Waals surface area contributed by atoms with Gasteiger partial charge in [-0.05, 0) is 17.7 Å². The highest BCUT2D eigenvalue weighted by Crippen LogP contribution is 2.62. The van der Waals surface area contributed by atoms with E-state index in [9.17, 15) is 24.5 Å². The predicted molar refractivity (Wildman–Crippen MR) is 163 cm³/mol. The molecule has 3 unspecified atom stereocenters. The maximum Gasteiger partial charge on any atom is 0.270 e. The fourth-order valence-electron chi connectivity index (χ4n) is 7.36. The van der Waals surface area contributed by atoms with E-state index in [2.05, 4.69) is 0 Å². The Hall–Kier alpha value is -5.57. The minimum atomic E-state index is -1.76. The molecule has 7 rings (SSSR count). The largest absolute Gasteiger partial charge is 0.493 e. The molecule has 3 atom stereocenters. The smallest absolute Gasteiger partial charge is 0.270 e. The molecule has 4 aromatic carbocycles. The number of non-ortho nitro benzene ring substituents is 1. The maximum atomic E-state index is 14.9. The number of Topliss-reactive ketones (excluding diaryl/α,β-unsaturated/α-hetero) is 3. The van der Waals surface area contributed by atoms with Gasteiger partial charge in [0.15, 0.2) is 28.8 Å². The summed E-state index contributed by atoms with van der Waals surface area (Å²) in [4.78, 5) is 57.5. The van der Waals surface area contributed by atoms with Gasteiger partial charge in [0.05, 0.1) is 25.2 Å². The quantitative estimate of drug-likeness (QED) is 0.118. The summed E-state index contributed by atoms with van der Waals surface area (Å²) < 4.78 is 11.5. The number of anilines is 1. The molecule has 3 aliphatic rings. The minimum Gasteiger partial charge on any atom is -0.493 e. The zero-order valence-electron chi connectivity index (χ0n) is 23.8. The molecule has 4 aromatic rings. The Balaban J connectivity index is 1.58. The summed E-state index contributed by atoms with van der Waals surface area (Å²) in [6.07, 6.45) is 3.70. The van der Waals surface area contributed by atoms with Crippen LogP contribution in [0.4, 0.5) is 11.4 Å². The molecular formula is C35H26N2O7. The zero-order chi connectivity index (χ0) is 30.7.